The van der Waals surface area contributed by atoms with E-state index >= 15 is 0 Å². The molecule has 0 fully saturated rings. The summed E-state index contributed by atoms with van der Waals surface area (Å²) in [7, 11) is 4.51. The summed E-state index contributed by atoms with van der Waals surface area (Å²) in [5, 5.41) is 0. The summed E-state index contributed by atoms with van der Waals surface area (Å²) < 4.78 is 15.9. The highest BCUT2D eigenvalue weighted by atomic mass is 79.9. The van der Waals surface area contributed by atoms with Crippen LogP contribution in [0.5, 0.6) is 11.5 Å². The molecular weight excluding hydrogens is 314 g/mol. The predicted octanol–water partition coefficient (Wildman–Crippen LogP) is 2.42. The minimum Gasteiger partial charge on any atom is -0.497 e. The van der Waals surface area contributed by atoms with E-state index in [9.17, 15) is 4.79 Å². The fourth-order valence-electron chi connectivity index (χ4n) is 1.74. The normalized spacial score (nSPS) is 11.8. The smallest absolute Gasteiger partial charge is 0.305 e. The van der Waals surface area contributed by atoms with Crippen LogP contribution in [-0.2, 0) is 9.53 Å². The van der Waals surface area contributed by atoms with Crippen molar-refractivity contribution in [2.24, 2.45) is 5.73 Å². The molecule has 0 aromatic heterocycles. The second-order valence-electron chi connectivity index (χ2n) is 3.95. The van der Waals surface area contributed by atoms with Crippen molar-refractivity contribution in [2.75, 3.05) is 21.3 Å². The number of nitrogens with two attached hydrogens (primary N) is 1. The molecule has 0 bridgehead atoms. The fourth-order valence-corrected chi connectivity index (χ4v) is 2.45. The molecule has 0 aliphatic heterocycles. The Hall–Kier alpha value is -1.27. The van der Waals surface area contributed by atoms with Crippen molar-refractivity contribution in [2.45, 2.75) is 18.9 Å². The highest BCUT2D eigenvalue weighted by molar-refractivity contribution is 9.10. The van der Waals surface area contributed by atoms with Gasteiger partial charge >= 0.3 is 5.97 Å². The quantitative estimate of drug-likeness (QED) is 0.810. The highest BCUT2D eigenvalue weighted by Crippen LogP contribution is 2.37. The number of benzene rings is 1. The number of rotatable bonds is 6. The Morgan fingerprint density at radius 3 is 2.53 bits per heavy atom. The van der Waals surface area contributed by atoms with Gasteiger partial charge in [-0.15, -0.1) is 0 Å². The maximum Gasteiger partial charge on any atom is 0.305 e. The van der Waals surface area contributed by atoms with Crippen LogP contribution in [0.25, 0.3) is 0 Å². The van der Waals surface area contributed by atoms with Gasteiger partial charge in [0.2, 0.25) is 0 Å². The zero-order valence-corrected chi connectivity index (χ0v) is 12.8. The number of methoxy groups -OCH3 is 3. The molecule has 106 valence electrons. The molecule has 0 aliphatic carbocycles. The summed E-state index contributed by atoms with van der Waals surface area (Å²) in [6, 6.07) is 3.25. The number of carbonyl (C=O) groups is 1. The third kappa shape index (κ3) is 4.11. The molecule has 0 aliphatic rings. The summed E-state index contributed by atoms with van der Waals surface area (Å²) in [6.07, 6.45) is 0.743. The van der Waals surface area contributed by atoms with Crippen molar-refractivity contribution >= 4 is 21.9 Å². The zero-order chi connectivity index (χ0) is 14.4. The van der Waals surface area contributed by atoms with Crippen molar-refractivity contribution < 1.29 is 19.0 Å². The second kappa shape index (κ2) is 7.35. The Morgan fingerprint density at radius 1 is 1.32 bits per heavy atom. The Balaban J connectivity index is 2.95. The van der Waals surface area contributed by atoms with Crippen molar-refractivity contribution in [1.29, 1.82) is 0 Å². The van der Waals surface area contributed by atoms with Crippen LogP contribution >= 0.6 is 15.9 Å². The zero-order valence-electron chi connectivity index (χ0n) is 11.2. The second-order valence-corrected chi connectivity index (χ2v) is 4.80. The summed E-state index contributed by atoms with van der Waals surface area (Å²) in [4.78, 5) is 11.1. The van der Waals surface area contributed by atoms with E-state index in [-0.39, 0.29) is 18.4 Å². The van der Waals surface area contributed by atoms with Crippen LogP contribution in [0.4, 0.5) is 0 Å². The van der Waals surface area contributed by atoms with Crippen LogP contribution < -0.4 is 15.2 Å². The Kier molecular flexibility index (Phi) is 6.11. The Morgan fingerprint density at radius 2 is 2.00 bits per heavy atom. The molecule has 1 atom stereocenters. The molecule has 0 heterocycles. The van der Waals surface area contributed by atoms with E-state index in [2.05, 4.69) is 20.7 Å². The van der Waals surface area contributed by atoms with Crippen LogP contribution in [-0.4, -0.2) is 27.3 Å². The average Bonchev–Trinajstić information content (AvgIpc) is 2.42. The maximum absolute atomic E-state index is 11.1. The molecule has 1 unspecified atom stereocenters. The van der Waals surface area contributed by atoms with E-state index in [4.69, 9.17) is 15.2 Å². The summed E-state index contributed by atoms with van der Waals surface area (Å²) in [6.45, 7) is 0. The number of halogens is 1. The van der Waals surface area contributed by atoms with E-state index in [1.54, 1.807) is 20.3 Å². The van der Waals surface area contributed by atoms with Crippen LogP contribution in [0, 0.1) is 0 Å². The molecule has 0 radical (unpaired) electrons. The van der Waals surface area contributed by atoms with Gasteiger partial charge in [-0.1, -0.05) is 15.9 Å². The lowest BCUT2D eigenvalue weighted by molar-refractivity contribution is -0.140. The number of esters is 1. The molecule has 0 spiro atoms. The monoisotopic (exact) mass is 331 g/mol. The van der Waals surface area contributed by atoms with E-state index < -0.39 is 0 Å². The lowest BCUT2D eigenvalue weighted by Gasteiger charge is -2.18. The third-order valence-corrected chi connectivity index (χ3v) is 3.43. The minimum atomic E-state index is -0.325. The summed E-state index contributed by atoms with van der Waals surface area (Å²) >= 11 is 3.45. The van der Waals surface area contributed by atoms with E-state index in [0.29, 0.717) is 17.9 Å². The van der Waals surface area contributed by atoms with E-state index in [0.717, 1.165) is 10.0 Å². The van der Waals surface area contributed by atoms with Crippen LogP contribution in [0.2, 0.25) is 0 Å². The molecule has 0 saturated heterocycles. The third-order valence-electron chi connectivity index (χ3n) is 2.78. The van der Waals surface area contributed by atoms with Crippen molar-refractivity contribution in [3.05, 3.63) is 22.2 Å². The van der Waals surface area contributed by atoms with Gasteiger partial charge in [-0.05, 0) is 12.5 Å². The van der Waals surface area contributed by atoms with Crippen molar-refractivity contribution in [3.8, 4) is 11.5 Å². The van der Waals surface area contributed by atoms with Gasteiger partial charge in [0.15, 0.2) is 0 Å². The molecule has 1 rings (SSSR count). The average molecular weight is 332 g/mol. The number of hydrogen-bond donors (Lipinski definition) is 1. The summed E-state index contributed by atoms with van der Waals surface area (Å²) in [5.41, 5.74) is 6.92. The topological polar surface area (TPSA) is 70.8 Å². The number of hydrogen-bond acceptors (Lipinski definition) is 5. The van der Waals surface area contributed by atoms with Gasteiger partial charge in [-0.25, -0.2) is 0 Å². The first-order valence-corrected chi connectivity index (χ1v) is 6.56. The molecule has 1 aromatic rings. The van der Waals surface area contributed by atoms with E-state index in [1.165, 1.54) is 7.11 Å². The first-order valence-electron chi connectivity index (χ1n) is 5.77. The summed E-state index contributed by atoms with van der Waals surface area (Å²) in [5.74, 6) is 1.02. The van der Waals surface area contributed by atoms with Gasteiger partial charge in [0.1, 0.15) is 11.5 Å². The van der Waals surface area contributed by atoms with Crippen molar-refractivity contribution in [3.63, 3.8) is 0 Å². The molecule has 1 aromatic carbocycles. The number of carbonyl (C=O) groups excluding carboxylic acids is 1. The van der Waals surface area contributed by atoms with Crippen LogP contribution in [0.15, 0.2) is 16.6 Å². The van der Waals surface area contributed by atoms with Gasteiger partial charge in [0, 0.05) is 28.6 Å². The fraction of sp³-hybridized carbons (Fsp3) is 0.462. The molecule has 19 heavy (non-hydrogen) atoms. The molecular formula is C13H18BrNO4. The van der Waals surface area contributed by atoms with E-state index in [1.807, 2.05) is 6.07 Å². The predicted molar refractivity (Wildman–Crippen MR) is 75.4 cm³/mol. The maximum atomic E-state index is 11.1. The minimum absolute atomic E-state index is 0.263. The van der Waals surface area contributed by atoms with Gasteiger partial charge < -0.3 is 19.9 Å². The SMILES string of the molecule is COC(=O)CCC(N)c1c(Br)cc(OC)cc1OC. The lowest BCUT2D eigenvalue weighted by Crippen LogP contribution is -2.15. The Labute approximate surface area is 121 Å². The lowest BCUT2D eigenvalue weighted by atomic mass is 10.0. The van der Waals surface area contributed by atoms with Gasteiger partial charge in [0.25, 0.3) is 0 Å². The molecule has 6 heteroatoms. The van der Waals surface area contributed by atoms with Gasteiger partial charge in [-0.3, -0.25) is 4.79 Å². The van der Waals surface area contributed by atoms with Crippen LogP contribution in [0.1, 0.15) is 24.4 Å². The first-order chi connectivity index (χ1) is 9.03. The standard InChI is InChI=1S/C13H18BrNO4/c1-17-8-6-9(14)13(11(7-8)18-2)10(15)4-5-12(16)19-3/h6-7,10H,4-5,15H2,1-3H3. The van der Waals surface area contributed by atoms with Gasteiger partial charge in [0.05, 0.1) is 21.3 Å². The van der Waals surface area contributed by atoms with Crippen molar-refractivity contribution in [1.82, 2.24) is 0 Å². The van der Waals surface area contributed by atoms with Gasteiger partial charge in [-0.2, -0.15) is 0 Å². The first kappa shape index (κ1) is 15.8. The largest absolute Gasteiger partial charge is 0.497 e. The molecule has 0 saturated carbocycles. The highest BCUT2D eigenvalue weighted by Gasteiger charge is 2.18. The Bertz CT molecular complexity index is 451. The molecule has 2 N–H and O–H groups in total. The van der Waals surface area contributed by atoms with Crippen LogP contribution in [0.3, 0.4) is 0 Å². The number of ether oxygens (including phenoxy) is 3. The molecule has 0 amide bonds. The molecule has 5 nitrogen and oxygen atoms in total.